The van der Waals surface area contributed by atoms with Gasteiger partial charge in [0.2, 0.25) is 15.9 Å². The van der Waals surface area contributed by atoms with Crippen molar-refractivity contribution < 1.29 is 27.9 Å². The summed E-state index contributed by atoms with van der Waals surface area (Å²) in [4.78, 5) is 23.4. The van der Waals surface area contributed by atoms with E-state index in [2.05, 4.69) is 31.2 Å². The molecule has 0 saturated heterocycles. The summed E-state index contributed by atoms with van der Waals surface area (Å²) in [7, 11) is -3.87. The lowest BCUT2D eigenvalue weighted by atomic mass is 10.0. The number of hydrazone groups is 1. The first-order chi connectivity index (χ1) is 17.1. The van der Waals surface area contributed by atoms with E-state index in [1.807, 2.05) is 6.92 Å². The maximum absolute atomic E-state index is 12.9. The molecule has 11 heteroatoms. The second kappa shape index (κ2) is 12.4. The number of carbonyl (C=O) groups is 2. The standard InChI is InChI=1S/C25H24BrN3O6S/c1-17-7-10-20(11-8-17)36(33,34)29-22(19-5-3-2-4-6-19)14-24(30)28-27-15-18-9-12-23(21(26)13-18)35-16-25(31)32/h2-13,15,22,29H,14,16H2,1H3,(H,28,30)(H,31,32)/b27-15-/t22-/m1/s1. The molecule has 1 atom stereocenters. The van der Waals surface area contributed by atoms with Crippen molar-refractivity contribution in [1.29, 1.82) is 0 Å². The Morgan fingerprint density at radius 3 is 2.42 bits per heavy atom. The summed E-state index contributed by atoms with van der Waals surface area (Å²) < 4.78 is 34.1. The summed E-state index contributed by atoms with van der Waals surface area (Å²) in [6, 6.07) is 19.3. The van der Waals surface area contributed by atoms with Crippen LogP contribution in [-0.2, 0) is 19.6 Å². The number of carboxylic acid groups (broad SMARTS) is 1. The summed E-state index contributed by atoms with van der Waals surface area (Å²) in [6.45, 7) is 1.39. The number of carboxylic acids is 1. The van der Waals surface area contributed by atoms with E-state index in [1.165, 1.54) is 18.3 Å². The third-order valence-corrected chi connectivity index (χ3v) is 7.04. The Bertz CT molecular complexity index is 1350. The normalized spacial score (nSPS) is 12.3. The first kappa shape index (κ1) is 27.1. The number of rotatable bonds is 11. The molecule has 0 bridgehead atoms. The Morgan fingerprint density at radius 2 is 1.78 bits per heavy atom. The molecule has 3 rings (SSSR count). The van der Waals surface area contributed by atoms with Crippen LogP contribution in [0.2, 0.25) is 0 Å². The van der Waals surface area contributed by atoms with Crippen LogP contribution in [0, 0.1) is 6.92 Å². The zero-order valence-electron chi connectivity index (χ0n) is 19.2. The van der Waals surface area contributed by atoms with Crippen LogP contribution in [0.1, 0.15) is 29.2 Å². The van der Waals surface area contributed by atoms with Crippen LogP contribution in [0.4, 0.5) is 0 Å². The summed E-state index contributed by atoms with van der Waals surface area (Å²) in [5.74, 6) is -1.23. The fourth-order valence-electron chi connectivity index (χ4n) is 3.15. The van der Waals surface area contributed by atoms with Crippen molar-refractivity contribution in [3.8, 4) is 5.75 Å². The summed E-state index contributed by atoms with van der Waals surface area (Å²) in [5, 5.41) is 12.7. The number of aryl methyl sites for hydroxylation is 1. The molecule has 188 valence electrons. The maximum Gasteiger partial charge on any atom is 0.341 e. The quantitative estimate of drug-likeness (QED) is 0.236. The molecule has 3 aromatic carbocycles. The molecule has 1 amide bonds. The second-order valence-corrected chi connectivity index (χ2v) is 10.3. The van der Waals surface area contributed by atoms with Gasteiger partial charge in [-0.3, -0.25) is 4.79 Å². The Kier molecular flexibility index (Phi) is 9.34. The number of hydrogen-bond acceptors (Lipinski definition) is 6. The fourth-order valence-corrected chi connectivity index (χ4v) is 4.88. The molecular formula is C25H24BrN3O6S. The number of aliphatic carboxylic acids is 1. The zero-order chi connectivity index (χ0) is 26.1. The molecule has 3 N–H and O–H groups in total. The van der Waals surface area contributed by atoms with Crippen molar-refractivity contribution in [2.45, 2.75) is 24.3 Å². The van der Waals surface area contributed by atoms with Gasteiger partial charge < -0.3 is 9.84 Å². The van der Waals surface area contributed by atoms with Crippen molar-refractivity contribution >= 4 is 44.0 Å². The molecule has 0 unspecified atom stereocenters. The molecule has 9 nitrogen and oxygen atoms in total. The van der Waals surface area contributed by atoms with Gasteiger partial charge in [-0.1, -0.05) is 48.0 Å². The largest absolute Gasteiger partial charge is 0.481 e. The minimum Gasteiger partial charge on any atom is -0.481 e. The number of carbonyl (C=O) groups excluding carboxylic acids is 1. The van der Waals surface area contributed by atoms with E-state index < -0.39 is 34.5 Å². The Morgan fingerprint density at radius 1 is 1.08 bits per heavy atom. The summed E-state index contributed by atoms with van der Waals surface area (Å²) in [6.07, 6.45) is 1.22. The number of benzene rings is 3. The number of halogens is 1. The van der Waals surface area contributed by atoms with Gasteiger partial charge in [-0.05, 0) is 64.3 Å². The van der Waals surface area contributed by atoms with Gasteiger partial charge in [0, 0.05) is 6.42 Å². The van der Waals surface area contributed by atoms with Gasteiger partial charge in [0.15, 0.2) is 6.61 Å². The van der Waals surface area contributed by atoms with Crippen molar-refractivity contribution in [3.05, 3.63) is 94.0 Å². The van der Waals surface area contributed by atoms with Gasteiger partial charge in [-0.25, -0.2) is 23.4 Å². The molecule has 36 heavy (non-hydrogen) atoms. The monoisotopic (exact) mass is 573 g/mol. The molecule has 0 fully saturated rings. The van der Waals surface area contributed by atoms with Gasteiger partial charge in [-0.15, -0.1) is 0 Å². The van der Waals surface area contributed by atoms with Crippen LogP contribution in [0.3, 0.4) is 0 Å². The number of nitrogens with zero attached hydrogens (tertiary/aromatic N) is 1. The third kappa shape index (κ3) is 8.01. The van der Waals surface area contributed by atoms with Crippen molar-refractivity contribution in [2.24, 2.45) is 5.10 Å². The van der Waals surface area contributed by atoms with Crippen LogP contribution in [0.25, 0.3) is 0 Å². The predicted molar refractivity (Wildman–Crippen MR) is 138 cm³/mol. The number of hydrogen-bond donors (Lipinski definition) is 3. The number of ether oxygens (including phenoxy) is 1. The third-order valence-electron chi connectivity index (χ3n) is 4.93. The summed E-state index contributed by atoms with van der Waals surface area (Å²) in [5.41, 5.74) is 4.59. The molecule has 0 spiro atoms. The van der Waals surface area contributed by atoms with Gasteiger partial charge in [0.05, 0.1) is 21.6 Å². The van der Waals surface area contributed by atoms with Gasteiger partial charge in [-0.2, -0.15) is 5.10 Å². The van der Waals surface area contributed by atoms with Crippen molar-refractivity contribution in [2.75, 3.05) is 6.61 Å². The maximum atomic E-state index is 12.9. The van der Waals surface area contributed by atoms with E-state index in [-0.39, 0.29) is 11.3 Å². The molecule has 0 aliphatic carbocycles. The van der Waals surface area contributed by atoms with Gasteiger partial charge in [0.25, 0.3) is 0 Å². The van der Waals surface area contributed by atoms with E-state index in [9.17, 15) is 18.0 Å². The number of sulfonamides is 1. The molecule has 0 radical (unpaired) electrons. The highest BCUT2D eigenvalue weighted by molar-refractivity contribution is 9.10. The zero-order valence-corrected chi connectivity index (χ0v) is 21.6. The number of amides is 1. The lowest BCUT2D eigenvalue weighted by Gasteiger charge is -2.18. The van der Waals surface area contributed by atoms with Crippen LogP contribution in [-0.4, -0.2) is 38.2 Å². The first-order valence-corrected chi connectivity index (χ1v) is 13.0. The average Bonchev–Trinajstić information content (AvgIpc) is 2.83. The molecule has 0 aliphatic heterocycles. The molecular weight excluding hydrogens is 550 g/mol. The summed E-state index contributed by atoms with van der Waals surface area (Å²) >= 11 is 3.30. The van der Waals surface area contributed by atoms with Crippen LogP contribution >= 0.6 is 15.9 Å². The molecule has 3 aromatic rings. The Hall–Kier alpha value is -3.54. The van der Waals surface area contributed by atoms with E-state index in [4.69, 9.17) is 9.84 Å². The van der Waals surface area contributed by atoms with E-state index >= 15 is 0 Å². The predicted octanol–water partition coefficient (Wildman–Crippen LogP) is 3.78. The lowest BCUT2D eigenvalue weighted by molar-refractivity contribution is -0.139. The number of nitrogens with one attached hydrogen (secondary N) is 2. The molecule has 0 aliphatic rings. The minimum absolute atomic E-state index is 0.105. The SMILES string of the molecule is Cc1ccc(S(=O)(=O)N[C@H](CC(=O)N/N=C\c2ccc(OCC(=O)O)c(Br)c2)c2ccccc2)cc1. The Balaban J connectivity index is 1.67. The topological polar surface area (TPSA) is 134 Å². The van der Waals surface area contributed by atoms with Crippen LogP contribution < -0.4 is 14.9 Å². The lowest BCUT2D eigenvalue weighted by Crippen LogP contribution is -2.32. The smallest absolute Gasteiger partial charge is 0.341 e. The van der Waals surface area contributed by atoms with Gasteiger partial charge >= 0.3 is 5.97 Å². The van der Waals surface area contributed by atoms with Crippen molar-refractivity contribution in [3.63, 3.8) is 0 Å². The van der Waals surface area contributed by atoms with E-state index in [0.717, 1.165) is 5.56 Å². The minimum atomic E-state index is -3.87. The highest BCUT2D eigenvalue weighted by atomic mass is 79.9. The average molecular weight is 574 g/mol. The van der Waals surface area contributed by atoms with Gasteiger partial charge in [0.1, 0.15) is 5.75 Å². The van der Waals surface area contributed by atoms with E-state index in [1.54, 1.807) is 60.7 Å². The van der Waals surface area contributed by atoms with E-state index in [0.29, 0.717) is 21.3 Å². The van der Waals surface area contributed by atoms with Crippen LogP contribution in [0.15, 0.2) is 87.3 Å². The fraction of sp³-hybridized carbons (Fsp3) is 0.160. The first-order valence-electron chi connectivity index (χ1n) is 10.7. The molecule has 0 saturated carbocycles. The van der Waals surface area contributed by atoms with Crippen molar-refractivity contribution in [1.82, 2.24) is 10.1 Å². The highest BCUT2D eigenvalue weighted by Crippen LogP contribution is 2.25. The Labute approximate surface area is 217 Å². The van der Waals surface area contributed by atoms with Crippen LogP contribution in [0.5, 0.6) is 5.75 Å². The second-order valence-electron chi connectivity index (χ2n) is 7.77. The highest BCUT2D eigenvalue weighted by Gasteiger charge is 2.23. The molecule has 0 aromatic heterocycles. The molecule has 0 heterocycles.